The summed E-state index contributed by atoms with van der Waals surface area (Å²) >= 11 is 12.2. The molecule has 0 atom stereocenters. The lowest BCUT2D eigenvalue weighted by Gasteiger charge is -2.35. The fraction of sp³-hybridized carbons (Fsp3) is 0.350. The topological polar surface area (TPSA) is 42.0 Å². The molecule has 1 aliphatic heterocycles. The molecule has 2 aromatic carbocycles. The summed E-state index contributed by atoms with van der Waals surface area (Å²) in [7, 11) is 3.14. The first-order chi connectivity index (χ1) is 13.0. The third-order valence-corrected chi connectivity index (χ3v) is 5.29. The van der Waals surface area contributed by atoms with Crippen LogP contribution in [0.3, 0.4) is 0 Å². The molecule has 0 unspecified atom stereocenters. The molecule has 0 aliphatic carbocycles. The van der Waals surface area contributed by atoms with Crippen molar-refractivity contribution >= 4 is 29.1 Å². The van der Waals surface area contributed by atoms with Crippen molar-refractivity contribution in [1.29, 1.82) is 0 Å². The zero-order valence-electron chi connectivity index (χ0n) is 15.4. The lowest BCUT2D eigenvalue weighted by molar-refractivity contribution is 0.0628. The van der Waals surface area contributed by atoms with Gasteiger partial charge < -0.3 is 14.4 Å². The van der Waals surface area contributed by atoms with E-state index in [0.717, 1.165) is 25.2 Å². The largest absolute Gasteiger partial charge is 0.493 e. The van der Waals surface area contributed by atoms with Crippen LogP contribution in [0.25, 0.3) is 0 Å². The van der Waals surface area contributed by atoms with Crippen molar-refractivity contribution in [2.24, 2.45) is 0 Å². The van der Waals surface area contributed by atoms with Gasteiger partial charge >= 0.3 is 0 Å². The summed E-state index contributed by atoms with van der Waals surface area (Å²) in [5.74, 6) is 1.17. The molecule has 2 aromatic rings. The maximum Gasteiger partial charge on any atom is 0.254 e. The van der Waals surface area contributed by atoms with Crippen molar-refractivity contribution in [3.05, 3.63) is 57.6 Å². The smallest absolute Gasteiger partial charge is 0.254 e. The summed E-state index contributed by atoms with van der Waals surface area (Å²) in [6.45, 7) is 3.65. The van der Waals surface area contributed by atoms with Crippen LogP contribution in [0.2, 0.25) is 10.0 Å². The molecule has 1 fully saturated rings. The summed E-state index contributed by atoms with van der Waals surface area (Å²) in [5, 5.41) is 1.31. The third kappa shape index (κ3) is 4.67. The number of methoxy groups -OCH3 is 2. The van der Waals surface area contributed by atoms with E-state index in [1.54, 1.807) is 38.5 Å². The molecule has 1 saturated heterocycles. The van der Waals surface area contributed by atoms with E-state index in [1.807, 2.05) is 17.0 Å². The highest BCUT2D eigenvalue weighted by molar-refractivity contribution is 6.35. The SMILES string of the molecule is COc1ccc(C(=O)N2CCN(Cc3ccc(Cl)cc3Cl)CC2)cc1OC. The molecular weight excluding hydrogens is 387 g/mol. The highest BCUT2D eigenvalue weighted by atomic mass is 35.5. The van der Waals surface area contributed by atoms with Crippen LogP contribution in [0.4, 0.5) is 0 Å². The van der Waals surface area contributed by atoms with E-state index in [9.17, 15) is 4.79 Å². The molecule has 0 saturated carbocycles. The van der Waals surface area contributed by atoms with Crippen LogP contribution in [-0.2, 0) is 6.54 Å². The molecule has 0 aromatic heterocycles. The molecule has 7 heteroatoms. The summed E-state index contributed by atoms with van der Waals surface area (Å²) in [6.07, 6.45) is 0. The fourth-order valence-electron chi connectivity index (χ4n) is 3.15. The number of carbonyl (C=O) groups is 1. The second-order valence-electron chi connectivity index (χ2n) is 6.37. The van der Waals surface area contributed by atoms with Crippen LogP contribution in [0, 0.1) is 0 Å². The highest BCUT2D eigenvalue weighted by Crippen LogP contribution is 2.28. The maximum atomic E-state index is 12.8. The number of ether oxygens (including phenoxy) is 2. The van der Waals surface area contributed by atoms with Crippen LogP contribution in [0.5, 0.6) is 11.5 Å². The first-order valence-electron chi connectivity index (χ1n) is 8.69. The highest BCUT2D eigenvalue weighted by Gasteiger charge is 2.23. The molecule has 0 N–H and O–H groups in total. The number of halogens is 2. The maximum absolute atomic E-state index is 12.8. The first kappa shape index (κ1) is 19.8. The van der Waals surface area contributed by atoms with Crippen LogP contribution < -0.4 is 9.47 Å². The Morgan fingerprint density at radius 2 is 1.67 bits per heavy atom. The molecule has 1 aliphatic rings. The summed E-state index contributed by atoms with van der Waals surface area (Å²) in [5.41, 5.74) is 1.64. The molecular formula is C20H22Cl2N2O3. The second-order valence-corrected chi connectivity index (χ2v) is 7.22. The Morgan fingerprint density at radius 1 is 0.963 bits per heavy atom. The fourth-order valence-corrected chi connectivity index (χ4v) is 3.62. The van der Waals surface area contributed by atoms with E-state index >= 15 is 0 Å². The quantitative estimate of drug-likeness (QED) is 0.750. The Morgan fingerprint density at radius 3 is 2.30 bits per heavy atom. The number of amides is 1. The van der Waals surface area contributed by atoms with Gasteiger partial charge in [0, 0.05) is 48.3 Å². The van der Waals surface area contributed by atoms with Crippen LogP contribution in [0.15, 0.2) is 36.4 Å². The number of benzene rings is 2. The number of piperazine rings is 1. The number of nitrogens with zero attached hydrogens (tertiary/aromatic N) is 2. The van der Waals surface area contributed by atoms with Gasteiger partial charge in [-0.25, -0.2) is 0 Å². The zero-order chi connectivity index (χ0) is 19.4. The standard InChI is InChI=1S/C20H22Cl2N2O3/c1-26-18-6-4-14(11-19(18)27-2)20(25)24-9-7-23(8-10-24)13-15-3-5-16(21)12-17(15)22/h3-6,11-12H,7-10,13H2,1-2H3. The van der Waals surface area contributed by atoms with Gasteiger partial charge in [-0.2, -0.15) is 0 Å². The van der Waals surface area contributed by atoms with Gasteiger partial charge in [0.25, 0.3) is 5.91 Å². The average molecular weight is 409 g/mol. The van der Waals surface area contributed by atoms with Gasteiger partial charge in [-0.05, 0) is 35.9 Å². The van der Waals surface area contributed by atoms with Crippen molar-refractivity contribution in [1.82, 2.24) is 9.80 Å². The first-order valence-corrected chi connectivity index (χ1v) is 9.45. The van der Waals surface area contributed by atoms with Gasteiger partial charge in [-0.3, -0.25) is 9.69 Å². The van der Waals surface area contributed by atoms with E-state index in [0.29, 0.717) is 40.2 Å². The molecule has 0 radical (unpaired) electrons. The van der Waals surface area contributed by atoms with E-state index in [2.05, 4.69) is 4.90 Å². The van der Waals surface area contributed by atoms with E-state index in [4.69, 9.17) is 32.7 Å². The van der Waals surface area contributed by atoms with Gasteiger partial charge in [0.15, 0.2) is 11.5 Å². The van der Waals surface area contributed by atoms with Crippen molar-refractivity contribution < 1.29 is 14.3 Å². The molecule has 5 nitrogen and oxygen atoms in total. The zero-order valence-corrected chi connectivity index (χ0v) is 16.9. The number of hydrogen-bond acceptors (Lipinski definition) is 4. The number of rotatable bonds is 5. The normalized spacial score (nSPS) is 14.9. The second kappa shape index (κ2) is 8.83. The minimum Gasteiger partial charge on any atom is -0.493 e. The molecule has 1 heterocycles. The predicted molar refractivity (Wildman–Crippen MR) is 107 cm³/mol. The average Bonchev–Trinajstić information content (AvgIpc) is 2.69. The van der Waals surface area contributed by atoms with Crippen molar-refractivity contribution in [3.63, 3.8) is 0 Å². The van der Waals surface area contributed by atoms with Crippen LogP contribution >= 0.6 is 23.2 Å². The predicted octanol–water partition coefficient (Wildman–Crippen LogP) is 3.97. The summed E-state index contributed by atoms with van der Waals surface area (Å²) < 4.78 is 10.5. The number of carbonyl (C=O) groups excluding carboxylic acids is 1. The minimum atomic E-state index is 0.000119. The van der Waals surface area contributed by atoms with E-state index in [1.165, 1.54) is 0 Å². The third-order valence-electron chi connectivity index (χ3n) is 4.70. The Labute approximate surface area is 169 Å². The van der Waals surface area contributed by atoms with Crippen LogP contribution in [-0.4, -0.2) is 56.1 Å². The molecule has 0 spiro atoms. The van der Waals surface area contributed by atoms with Gasteiger partial charge in [0.2, 0.25) is 0 Å². The molecule has 27 heavy (non-hydrogen) atoms. The molecule has 3 rings (SSSR count). The Hall–Kier alpha value is -1.95. The monoisotopic (exact) mass is 408 g/mol. The van der Waals surface area contributed by atoms with Gasteiger partial charge in [0.1, 0.15) is 0 Å². The van der Waals surface area contributed by atoms with Crippen molar-refractivity contribution in [2.75, 3.05) is 40.4 Å². The summed E-state index contributed by atoms with van der Waals surface area (Å²) in [6, 6.07) is 10.8. The summed E-state index contributed by atoms with van der Waals surface area (Å²) in [4.78, 5) is 16.9. The number of hydrogen-bond donors (Lipinski definition) is 0. The lowest BCUT2D eigenvalue weighted by Crippen LogP contribution is -2.48. The lowest BCUT2D eigenvalue weighted by atomic mass is 10.1. The molecule has 1 amide bonds. The van der Waals surface area contributed by atoms with Gasteiger partial charge in [0.05, 0.1) is 14.2 Å². The Bertz CT molecular complexity index is 821. The van der Waals surface area contributed by atoms with E-state index < -0.39 is 0 Å². The van der Waals surface area contributed by atoms with Crippen molar-refractivity contribution in [3.8, 4) is 11.5 Å². The minimum absolute atomic E-state index is 0.000119. The van der Waals surface area contributed by atoms with Crippen molar-refractivity contribution in [2.45, 2.75) is 6.54 Å². The molecule has 0 bridgehead atoms. The Kier molecular flexibility index (Phi) is 6.47. The van der Waals surface area contributed by atoms with E-state index in [-0.39, 0.29) is 5.91 Å². The van der Waals surface area contributed by atoms with Crippen LogP contribution in [0.1, 0.15) is 15.9 Å². The Balaban J connectivity index is 1.61. The van der Waals surface area contributed by atoms with Gasteiger partial charge in [-0.15, -0.1) is 0 Å². The van der Waals surface area contributed by atoms with Gasteiger partial charge in [-0.1, -0.05) is 29.3 Å². The molecule has 144 valence electrons.